The fraction of sp³-hybridized carbons (Fsp3) is 0. The van der Waals surface area contributed by atoms with E-state index < -0.39 is 27.2 Å². The Morgan fingerprint density at radius 2 is 1.17 bits per heavy atom. The third kappa shape index (κ3) is 22.9. The van der Waals surface area contributed by atoms with E-state index in [2.05, 4.69) is 2.84 Å². The van der Waals surface area contributed by atoms with Gasteiger partial charge in [0.1, 0.15) is 0 Å². The molecule has 0 saturated heterocycles. The van der Waals surface area contributed by atoms with E-state index in [0.29, 0.717) is 0 Å². The number of hydrogen-bond acceptors (Lipinski definition) is 5. The van der Waals surface area contributed by atoms with Gasteiger partial charge in [-0.15, -0.1) is 12.4 Å². The van der Waals surface area contributed by atoms with Crippen LogP contribution in [0.3, 0.4) is 0 Å². The normalized spacial score (nSPS) is 10.2. The molecule has 0 bridgehead atoms. The quantitative estimate of drug-likeness (QED) is 0.486. The zero-order valence-electron chi connectivity index (χ0n) is 6.51. The van der Waals surface area contributed by atoms with Crippen molar-refractivity contribution in [3.8, 4) is 0 Å². The number of rotatable bonds is 2. The van der Waals surface area contributed by atoms with Crippen molar-refractivity contribution in [1.29, 1.82) is 0 Å². The summed E-state index contributed by atoms with van der Waals surface area (Å²) in [5, 5.41) is 0. The Bertz CT molecular complexity index is 252. The van der Waals surface area contributed by atoms with Gasteiger partial charge in [-0.2, -0.15) is 0 Å². The van der Waals surface area contributed by atoms with Gasteiger partial charge in [0.25, 0.3) is 0 Å². The van der Waals surface area contributed by atoms with Crippen molar-refractivity contribution in [2.75, 3.05) is 0 Å². The van der Waals surface area contributed by atoms with E-state index in [-0.39, 0.29) is 82.3 Å². The number of hydrogen-bond donors (Lipinski definition) is 2. The molecule has 12 heavy (non-hydrogen) atoms. The molecule has 0 rings (SSSR count). The number of halogens is 1. The average Bonchev–Trinajstić information content (AvgIpc) is 1.14. The summed E-state index contributed by atoms with van der Waals surface area (Å²) in [6.45, 7) is 0. The van der Waals surface area contributed by atoms with Crippen LogP contribution in [0.1, 0.15) is 1.43 Å². The molecular weight excluding hydrogens is 346 g/mol. The van der Waals surface area contributed by atoms with Gasteiger partial charge in [-0.1, -0.05) is 0 Å². The molecule has 0 aliphatic carbocycles. The summed E-state index contributed by atoms with van der Waals surface area (Å²) >= 11 is -11.5. The van der Waals surface area contributed by atoms with Crippen molar-refractivity contribution in [2.24, 2.45) is 0 Å². The van der Waals surface area contributed by atoms with Crippen molar-refractivity contribution in [2.45, 2.75) is 0 Å². The molecule has 0 unspecified atom stereocenters. The predicted octanol–water partition coefficient (Wildman–Crippen LogP) is -4.13. The Hall–Kier alpha value is 2.59. The van der Waals surface area contributed by atoms with E-state index >= 15 is 0 Å². The molecular formula is H4ClCr2FeKO7. The van der Waals surface area contributed by atoms with Gasteiger partial charge in [-0.05, 0) is 0 Å². The maximum atomic E-state index is 9.53. The fourth-order valence-electron chi connectivity index (χ4n) is 0.109. The van der Waals surface area contributed by atoms with Crippen LogP contribution in [0, 0.1) is 0 Å². The van der Waals surface area contributed by atoms with E-state index in [9.17, 15) is 15.2 Å². The molecule has 7 nitrogen and oxygen atoms in total. The molecule has 0 radical (unpaired) electrons. The van der Waals surface area contributed by atoms with Crippen molar-refractivity contribution >= 4 is 12.4 Å². The monoisotopic (exact) mass is 350 g/mol. The van der Waals surface area contributed by atoms with Crippen molar-refractivity contribution in [3.63, 3.8) is 0 Å². The third-order valence-corrected chi connectivity index (χ3v) is 2.92. The second kappa shape index (κ2) is 8.86. The van der Waals surface area contributed by atoms with E-state index in [1.54, 1.807) is 0 Å². The van der Waals surface area contributed by atoms with Crippen LogP contribution in [0.2, 0.25) is 0 Å². The molecule has 2 N–H and O–H groups in total. The first-order chi connectivity index (χ1) is 3.71. The zero-order chi connectivity index (χ0) is 7.71. The van der Waals surface area contributed by atoms with Gasteiger partial charge in [0.2, 0.25) is 0 Å². The van der Waals surface area contributed by atoms with Gasteiger partial charge >= 0.3 is 105 Å². The van der Waals surface area contributed by atoms with Crippen molar-refractivity contribution in [1.82, 2.24) is 0 Å². The van der Waals surface area contributed by atoms with Crippen LogP contribution in [0.25, 0.3) is 0 Å². The Balaban J connectivity index is -0.0000000533. The summed E-state index contributed by atoms with van der Waals surface area (Å²) < 4.78 is 56.3. The molecule has 0 fully saturated rings. The third-order valence-electron chi connectivity index (χ3n) is 0.172. The van der Waals surface area contributed by atoms with Gasteiger partial charge in [0, 0.05) is 17.1 Å². The van der Waals surface area contributed by atoms with Crippen molar-refractivity contribution in [3.05, 3.63) is 0 Å². The molecule has 0 saturated carbocycles. The van der Waals surface area contributed by atoms with Crippen LogP contribution in [0.4, 0.5) is 0 Å². The molecule has 0 aromatic carbocycles. The van der Waals surface area contributed by atoms with Gasteiger partial charge < -0.3 is 1.43 Å². The second-order valence-electron chi connectivity index (χ2n) is 0.924. The molecule has 12 heteroatoms. The minimum absolute atomic E-state index is 0. The minimum atomic E-state index is -5.76. The predicted molar refractivity (Wildman–Crippen MR) is 16.6 cm³/mol. The van der Waals surface area contributed by atoms with Crippen LogP contribution in [0.5, 0.6) is 0 Å². The van der Waals surface area contributed by atoms with Gasteiger partial charge in [-0.25, -0.2) is 0 Å². The van der Waals surface area contributed by atoms with Gasteiger partial charge in [0.15, 0.2) is 0 Å². The van der Waals surface area contributed by atoms with Crippen LogP contribution >= 0.6 is 12.4 Å². The molecule has 0 atom stereocenters. The molecule has 0 aromatic heterocycles. The van der Waals surface area contributed by atoms with Crippen LogP contribution in [0.15, 0.2) is 0 Å². The molecule has 0 amide bonds. The molecule has 0 spiro atoms. The summed E-state index contributed by atoms with van der Waals surface area (Å²) in [5.74, 6) is 0. The summed E-state index contributed by atoms with van der Waals surface area (Å²) in [6.07, 6.45) is 0. The average molecular weight is 350 g/mol. The first-order valence-electron chi connectivity index (χ1n) is 1.37. The Kier molecular flexibility index (Phi) is 17.7. The summed E-state index contributed by atoms with van der Waals surface area (Å²) in [4.78, 5) is 0. The Labute approximate surface area is 133 Å². The SMILES string of the molecule is Cl.[Fe].[H-].[K+].[O]=[Cr](=[O])([OH])[O][Cr](=[O])(=[O])[OH]. The molecule has 74 valence electrons. The standard InChI is InChI=1S/ClH.2Cr.Fe.K.2H2O.5O.H/h1H;;;;;2*1H2;;;;;;/q;2*+1;;+1;;;;;;;;-1/p-2. The van der Waals surface area contributed by atoms with Crippen molar-refractivity contribution < 1.29 is 123 Å². The molecule has 0 heterocycles. The maximum absolute atomic E-state index is 9.53. The van der Waals surface area contributed by atoms with E-state index in [1.807, 2.05) is 0 Å². The van der Waals surface area contributed by atoms with Gasteiger partial charge in [-0.3, -0.25) is 0 Å². The summed E-state index contributed by atoms with van der Waals surface area (Å²) in [5.41, 5.74) is 0. The van der Waals surface area contributed by atoms with Crippen LogP contribution in [-0.4, -0.2) is 8.32 Å². The first-order valence-corrected chi connectivity index (χ1v) is 5.63. The second-order valence-corrected chi connectivity index (χ2v) is 4.68. The fourth-order valence-corrected chi connectivity index (χ4v) is 1.85. The summed E-state index contributed by atoms with van der Waals surface area (Å²) in [7, 11) is 0. The van der Waals surface area contributed by atoms with E-state index in [0.717, 1.165) is 0 Å². The van der Waals surface area contributed by atoms with E-state index in [4.69, 9.17) is 8.32 Å². The molecule has 0 aromatic rings. The molecule has 0 aliphatic heterocycles. The van der Waals surface area contributed by atoms with Gasteiger partial charge in [0.05, 0.1) is 0 Å². The Morgan fingerprint density at radius 3 is 1.17 bits per heavy atom. The topological polar surface area (TPSA) is 118 Å². The van der Waals surface area contributed by atoms with Crippen LogP contribution < -0.4 is 51.4 Å². The Morgan fingerprint density at radius 1 is 1.00 bits per heavy atom. The first kappa shape index (κ1) is 24.0. The van der Waals surface area contributed by atoms with E-state index in [1.165, 1.54) is 0 Å². The molecule has 0 aliphatic rings. The summed E-state index contributed by atoms with van der Waals surface area (Å²) in [6, 6.07) is 0. The zero-order valence-corrected chi connectivity index (χ0v) is 13.1. The van der Waals surface area contributed by atoms with Crippen LogP contribution in [-0.2, 0) is 62.3 Å².